The van der Waals surface area contributed by atoms with Gasteiger partial charge in [0, 0.05) is 36.8 Å². The first-order chi connectivity index (χ1) is 11.6. The van der Waals surface area contributed by atoms with Crippen LogP contribution in [0.1, 0.15) is 30.2 Å². The lowest BCUT2D eigenvalue weighted by Crippen LogP contribution is -2.38. The molecule has 2 rings (SSSR count). The standard InChI is InChI=1S/C18H26BrN5.HI/c1-4-20-18(21-11-7-9-15-12-22-23-14(15)2)24(3)13-16-8-5-6-10-17(16)19;/h5-6,8,10,12H,4,7,9,11,13H2,1-3H3,(H,20,21)(H,22,23);1H. The molecular formula is C18H27BrIN5. The highest BCUT2D eigenvalue weighted by molar-refractivity contribution is 14.0. The molecule has 0 atom stereocenters. The Kier molecular flexibility index (Phi) is 10.1. The summed E-state index contributed by atoms with van der Waals surface area (Å²) in [5.41, 5.74) is 3.67. The van der Waals surface area contributed by atoms with E-state index < -0.39 is 0 Å². The van der Waals surface area contributed by atoms with Crippen LogP contribution in [-0.4, -0.2) is 41.2 Å². The van der Waals surface area contributed by atoms with E-state index in [-0.39, 0.29) is 24.0 Å². The first-order valence-corrected chi connectivity index (χ1v) is 9.12. The number of aliphatic imine (C=N–C) groups is 1. The van der Waals surface area contributed by atoms with Gasteiger partial charge in [0.25, 0.3) is 0 Å². The first-order valence-electron chi connectivity index (χ1n) is 8.33. The van der Waals surface area contributed by atoms with Gasteiger partial charge in [0.2, 0.25) is 0 Å². The van der Waals surface area contributed by atoms with Crippen LogP contribution in [0.15, 0.2) is 39.9 Å². The number of nitrogens with one attached hydrogen (secondary N) is 2. The van der Waals surface area contributed by atoms with E-state index in [1.165, 1.54) is 11.1 Å². The SMILES string of the molecule is CCNC(=NCCCc1cn[nH]c1C)N(C)Cc1ccccc1Br.I. The summed E-state index contributed by atoms with van der Waals surface area (Å²) in [5.74, 6) is 0.942. The number of rotatable bonds is 7. The highest BCUT2D eigenvalue weighted by Gasteiger charge is 2.08. The number of aromatic amines is 1. The molecule has 7 heteroatoms. The van der Waals surface area contributed by atoms with Gasteiger partial charge in [0.05, 0.1) is 6.20 Å². The number of benzene rings is 1. The molecule has 0 aliphatic rings. The fraction of sp³-hybridized carbons (Fsp3) is 0.444. The van der Waals surface area contributed by atoms with Gasteiger partial charge in [0.15, 0.2) is 5.96 Å². The Balaban J connectivity index is 0.00000312. The molecule has 1 heterocycles. The normalized spacial score (nSPS) is 11.1. The molecule has 0 amide bonds. The van der Waals surface area contributed by atoms with Crippen LogP contribution in [0.2, 0.25) is 0 Å². The molecule has 1 aromatic carbocycles. The number of guanidine groups is 1. The summed E-state index contributed by atoms with van der Waals surface area (Å²) < 4.78 is 1.13. The zero-order valence-corrected chi connectivity index (χ0v) is 19.0. The van der Waals surface area contributed by atoms with Crippen LogP contribution in [0.4, 0.5) is 0 Å². The van der Waals surface area contributed by atoms with Crippen molar-refractivity contribution in [1.82, 2.24) is 20.4 Å². The maximum Gasteiger partial charge on any atom is 0.193 e. The number of H-pyrrole nitrogens is 1. The highest BCUT2D eigenvalue weighted by atomic mass is 127. The summed E-state index contributed by atoms with van der Waals surface area (Å²) in [6, 6.07) is 8.29. The molecule has 25 heavy (non-hydrogen) atoms. The average molecular weight is 520 g/mol. The Hall–Kier alpha value is -1.09. The van der Waals surface area contributed by atoms with Crippen molar-refractivity contribution in [1.29, 1.82) is 0 Å². The van der Waals surface area contributed by atoms with Gasteiger partial charge in [-0.25, -0.2) is 0 Å². The minimum absolute atomic E-state index is 0. The maximum atomic E-state index is 4.75. The van der Waals surface area contributed by atoms with E-state index in [9.17, 15) is 0 Å². The Morgan fingerprint density at radius 2 is 2.08 bits per heavy atom. The van der Waals surface area contributed by atoms with Crippen LogP contribution in [0.25, 0.3) is 0 Å². The molecule has 0 saturated heterocycles. The molecule has 0 radical (unpaired) electrons. The zero-order chi connectivity index (χ0) is 17.4. The fourth-order valence-corrected chi connectivity index (χ4v) is 2.92. The summed E-state index contributed by atoms with van der Waals surface area (Å²) >= 11 is 3.61. The van der Waals surface area contributed by atoms with Crippen LogP contribution < -0.4 is 5.32 Å². The highest BCUT2D eigenvalue weighted by Crippen LogP contribution is 2.17. The molecule has 2 N–H and O–H groups in total. The number of aromatic nitrogens is 2. The minimum atomic E-state index is 0. The van der Waals surface area contributed by atoms with Gasteiger partial charge >= 0.3 is 0 Å². The van der Waals surface area contributed by atoms with E-state index in [1.54, 1.807) is 0 Å². The van der Waals surface area contributed by atoms with E-state index >= 15 is 0 Å². The summed E-state index contributed by atoms with van der Waals surface area (Å²) in [5, 5.41) is 10.4. The first kappa shape index (κ1) is 22.0. The molecular weight excluding hydrogens is 493 g/mol. The van der Waals surface area contributed by atoms with Gasteiger partial charge in [-0.1, -0.05) is 34.1 Å². The van der Waals surface area contributed by atoms with E-state index in [1.807, 2.05) is 12.3 Å². The second kappa shape index (κ2) is 11.5. The Morgan fingerprint density at radius 3 is 2.72 bits per heavy atom. The largest absolute Gasteiger partial charge is 0.357 e. The van der Waals surface area contributed by atoms with Crippen molar-refractivity contribution in [3.8, 4) is 0 Å². The molecule has 0 bridgehead atoms. The second-order valence-corrected chi connectivity index (χ2v) is 6.66. The molecule has 1 aromatic heterocycles. The zero-order valence-electron chi connectivity index (χ0n) is 15.1. The van der Waals surface area contributed by atoms with Crippen molar-refractivity contribution >= 4 is 45.9 Å². The number of hydrogen-bond acceptors (Lipinski definition) is 2. The van der Waals surface area contributed by atoms with Crippen molar-refractivity contribution in [2.45, 2.75) is 33.2 Å². The van der Waals surface area contributed by atoms with Gasteiger partial charge < -0.3 is 10.2 Å². The molecule has 5 nitrogen and oxygen atoms in total. The van der Waals surface area contributed by atoms with E-state index in [0.29, 0.717) is 0 Å². The quantitative estimate of drug-likeness (QED) is 0.250. The molecule has 0 fully saturated rings. The Morgan fingerprint density at radius 1 is 1.32 bits per heavy atom. The summed E-state index contributed by atoms with van der Waals surface area (Å²) in [6.07, 6.45) is 3.92. The third kappa shape index (κ3) is 6.97. The monoisotopic (exact) mass is 519 g/mol. The van der Waals surface area contributed by atoms with Crippen LogP contribution in [0.3, 0.4) is 0 Å². The van der Waals surface area contributed by atoms with Gasteiger partial charge in [-0.05, 0) is 43.9 Å². The molecule has 0 saturated carbocycles. The Bertz CT molecular complexity index is 671. The van der Waals surface area contributed by atoms with Crippen LogP contribution >= 0.6 is 39.9 Å². The summed E-state index contributed by atoms with van der Waals surface area (Å²) in [4.78, 5) is 6.91. The lowest BCUT2D eigenvalue weighted by molar-refractivity contribution is 0.475. The number of halogens is 2. The molecule has 0 aliphatic heterocycles. The number of hydrogen-bond donors (Lipinski definition) is 2. The Labute approximate surface area is 175 Å². The maximum absolute atomic E-state index is 4.75. The molecule has 0 aliphatic carbocycles. The van der Waals surface area contributed by atoms with Gasteiger partial charge in [0.1, 0.15) is 0 Å². The van der Waals surface area contributed by atoms with Crippen LogP contribution in [0.5, 0.6) is 0 Å². The predicted octanol–water partition coefficient (Wildman–Crippen LogP) is 4.13. The molecule has 0 unspecified atom stereocenters. The van der Waals surface area contributed by atoms with E-state index in [0.717, 1.165) is 48.6 Å². The van der Waals surface area contributed by atoms with Crippen molar-refractivity contribution in [3.05, 3.63) is 51.8 Å². The topological polar surface area (TPSA) is 56.3 Å². The van der Waals surface area contributed by atoms with Gasteiger partial charge in [-0.15, -0.1) is 24.0 Å². The predicted molar refractivity (Wildman–Crippen MR) is 119 cm³/mol. The van der Waals surface area contributed by atoms with Crippen molar-refractivity contribution in [3.63, 3.8) is 0 Å². The molecule has 138 valence electrons. The summed E-state index contributed by atoms with van der Waals surface area (Å²) in [6.45, 7) is 6.62. The van der Waals surface area contributed by atoms with Gasteiger partial charge in [-0.3, -0.25) is 10.1 Å². The molecule has 2 aromatic rings. The second-order valence-electron chi connectivity index (χ2n) is 5.81. The van der Waals surface area contributed by atoms with E-state index in [4.69, 9.17) is 4.99 Å². The lowest BCUT2D eigenvalue weighted by Gasteiger charge is -2.22. The van der Waals surface area contributed by atoms with Crippen molar-refractivity contribution < 1.29 is 0 Å². The van der Waals surface area contributed by atoms with Crippen molar-refractivity contribution in [2.75, 3.05) is 20.1 Å². The average Bonchev–Trinajstić information content (AvgIpc) is 2.97. The molecule has 0 spiro atoms. The van der Waals surface area contributed by atoms with Crippen molar-refractivity contribution in [2.24, 2.45) is 4.99 Å². The number of aryl methyl sites for hydroxylation is 2. The summed E-state index contributed by atoms with van der Waals surface area (Å²) in [7, 11) is 2.07. The third-order valence-electron chi connectivity index (χ3n) is 3.86. The lowest BCUT2D eigenvalue weighted by atomic mass is 10.1. The smallest absolute Gasteiger partial charge is 0.193 e. The van der Waals surface area contributed by atoms with E-state index in [2.05, 4.69) is 75.4 Å². The fourth-order valence-electron chi connectivity index (χ4n) is 2.51. The minimum Gasteiger partial charge on any atom is -0.357 e. The van der Waals surface area contributed by atoms with Crippen LogP contribution in [0, 0.1) is 6.92 Å². The number of nitrogens with zero attached hydrogens (tertiary/aromatic N) is 3. The van der Waals surface area contributed by atoms with Crippen LogP contribution in [-0.2, 0) is 13.0 Å². The third-order valence-corrected chi connectivity index (χ3v) is 4.64. The van der Waals surface area contributed by atoms with Gasteiger partial charge in [-0.2, -0.15) is 5.10 Å².